The minimum atomic E-state index is 0.904. The van der Waals surface area contributed by atoms with Gasteiger partial charge in [-0.3, -0.25) is 0 Å². The molecule has 0 spiro atoms. The molecule has 3 rings (SSSR count). The molecule has 2 heterocycles. The normalized spacial score (nSPS) is 11.3. The Morgan fingerprint density at radius 1 is 1.32 bits per heavy atom. The highest BCUT2D eigenvalue weighted by Gasteiger charge is 2.08. The van der Waals surface area contributed by atoms with Gasteiger partial charge in [-0.05, 0) is 40.7 Å². The van der Waals surface area contributed by atoms with Gasteiger partial charge in [0.25, 0.3) is 0 Å². The summed E-state index contributed by atoms with van der Waals surface area (Å²) in [6.07, 6.45) is 2.26. The molecule has 0 atom stereocenters. The summed E-state index contributed by atoms with van der Waals surface area (Å²) in [4.78, 5) is 1.36. The highest BCUT2D eigenvalue weighted by Crippen LogP contribution is 2.25. The minimum absolute atomic E-state index is 0.904. The lowest BCUT2D eigenvalue weighted by atomic mass is 10.2. The van der Waals surface area contributed by atoms with E-state index in [9.17, 15) is 0 Å². The number of halogens is 1. The Hall–Kier alpha value is -1.10. The molecule has 0 aliphatic carbocycles. The van der Waals surface area contributed by atoms with E-state index in [4.69, 9.17) is 0 Å². The van der Waals surface area contributed by atoms with Crippen LogP contribution in [0.5, 0.6) is 0 Å². The van der Waals surface area contributed by atoms with Crippen molar-refractivity contribution in [1.29, 1.82) is 0 Å². The molecule has 1 aromatic carbocycles. The maximum atomic E-state index is 3.52. The first kappa shape index (κ1) is 12.9. The van der Waals surface area contributed by atoms with Crippen molar-refractivity contribution in [3.05, 3.63) is 56.8 Å². The van der Waals surface area contributed by atoms with Crippen molar-refractivity contribution in [3.8, 4) is 0 Å². The van der Waals surface area contributed by atoms with Crippen molar-refractivity contribution in [2.45, 2.75) is 13.1 Å². The van der Waals surface area contributed by atoms with E-state index in [1.54, 1.807) is 11.3 Å². The Kier molecular flexibility index (Phi) is 3.73. The quantitative estimate of drug-likeness (QED) is 0.755. The fourth-order valence-electron chi connectivity index (χ4n) is 2.39. The van der Waals surface area contributed by atoms with Gasteiger partial charge in [0, 0.05) is 38.4 Å². The fourth-order valence-corrected chi connectivity index (χ4v) is 3.84. The van der Waals surface area contributed by atoms with Crippen molar-refractivity contribution in [3.63, 3.8) is 0 Å². The van der Waals surface area contributed by atoms with Crippen molar-refractivity contribution in [2.24, 2.45) is 0 Å². The molecule has 98 valence electrons. The van der Waals surface area contributed by atoms with Crippen molar-refractivity contribution in [1.82, 2.24) is 9.88 Å². The first-order valence-corrected chi connectivity index (χ1v) is 7.89. The Morgan fingerprint density at radius 3 is 2.89 bits per heavy atom. The van der Waals surface area contributed by atoms with Crippen LogP contribution in [0.15, 0.2) is 46.4 Å². The number of nitrogens with zero attached hydrogens (tertiary/aromatic N) is 1. The summed E-state index contributed by atoms with van der Waals surface area (Å²) in [7, 11) is 1.99. The van der Waals surface area contributed by atoms with Crippen LogP contribution in [0, 0.1) is 0 Å². The molecule has 0 unspecified atom stereocenters. The van der Waals surface area contributed by atoms with E-state index in [2.05, 4.69) is 67.7 Å². The van der Waals surface area contributed by atoms with E-state index >= 15 is 0 Å². The maximum Gasteiger partial charge on any atom is 0.0569 e. The lowest BCUT2D eigenvalue weighted by Crippen LogP contribution is -2.04. The standard InChI is InChI=1S/C15H15BrN2S/c1-17-7-11-8-18(9-13-6-12(16)10-19-13)15-5-3-2-4-14(11)15/h2-6,8,10,17H,7,9H2,1H3. The summed E-state index contributed by atoms with van der Waals surface area (Å²) < 4.78 is 3.50. The maximum absolute atomic E-state index is 3.52. The van der Waals surface area contributed by atoms with E-state index in [1.807, 2.05) is 7.05 Å². The van der Waals surface area contributed by atoms with Crippen molar-refractivity contribution < 1.29 is 0 Å². The van der Waals surface area contributed by atoms with Crippen LogP contribution in [0.2, 0.25) is 0 Å². The number of rotatable bonds is 4. The van der Waals surface area contributed by atoms with Crippen LogP contribution >= 0.6 is 27.3 Å². The second-order valence-corrected chi connectivity index (χ2v) is 6.47. The fraction of sp³-hybridized carbons (Fsp3) is 0.200. The molecule has 0 saturated heterocycles. The van der Waals surface area contributed by atoms with Gasteiger partial charge in [0.1, 0.15) is 0 Å². The van der Waals surface area contributed by atoms with Crippen LogP contribution < -0.4 is 5.32 Å². The molecule has 2 aromatic heterocycles. The van der Waals surface area contributed by atoms with Crippen LogP contribution in [-0.4, -0.2) is 11.6 Å². The predicted octanol–water partition coefficient (Wildman–Crippen LogP) is 4.23. The zero-order valence-corrected chi connectivity index (χ0v) is 13.1. The topological polar surface area (TPSA) is 17.0 Å². The van der Waals surface area contributed by atoms with Crippen LogP contribution in [0.4, 0.5) is 0 Å². The number of hydrogen-bond acceptors (Lipinski definition) is 2. The number of para-hydroxylation sites is 1. The molecule has 19 heavy (non-hydrogen) atoms. The summed E-state index contributed by atoms with van der Waals surface area (Å²) in [5, 5.41) is 6.71. The second kappa shape index (κ2) is 5.49. The average Bonchev–Trinajstić information content (AvgIpc) is 2.97. The molecular weight excluding hydrogens is 320 g/mol. The molecule has 0 bridgehead atoms. The van der Waals surface area contributed by atoms with Gasteiger partial charge in [0.05, 0.1) is 6.54 Å². The number of hydrogen-bond donors (Lipinski definition) is 1. The molecule has 0 aliphatic rings. The molecule has 0 saturated carbocycles. The van der Waals surface area contributed by atoms with Gasteiger partial charge in [0.2, 0.25) is 0 Å². The monoisotopic (exact) mass is 334 g/mol. The molecular formula is C15H15BrN2S. The Balaban J connectivity index is 2.03. The molecule has 0 radical (unpaired) electrons. The van der Waals surface area contributed by atoms with E-state index in [0.29, 0.717) is 0 Å². The van der Waals surface area contributed by atoms with E-state index in [-0.39, 0.29) is 0 Å². The molecule has 0 aliphatic heterocycles. The lowest BCUT2D eigenvalue weighted by molar-refractivity contribution is 0.800. The van der Waals surface area contributed by atoms with Crippen LogP contribution in [0.25, 0.3) is 10.9 Å². The Bertz CT molecular complexity index is 699. The van der Waals surface area contributed by atoms with Crippen LogP contribution in [-0.2, 0) is 13.1 Å². The van der Waals surface area contributed by atoms with E-state index in [1.165, 1.54) is 25.8 Å². The van der Waals surface area contributed by atoms with Crippen molar-refractivity contribution in [2.75, 3.05) is 7.05 Å². The van der Waals surface area contributed by atoms with Crippen LogP contribution in [0.3, 0.4) is 0 Å². The molecule has 3 aromatic rings. The van der Waals surface area contributed by atoms with Gasteiger partial charge < -0.3 is 9.88 Å². The molecule has 2 nitrogen and oxygen atoms in total. The smallest absolute Gasteiger partial charge is 0.0569 e. The highest BCUT2D eigenvalue weighted by atomic mass is 79.9. The SMILES string of the molecule is CNCc1cn(Cc2cc(Br)cs2)c2ccccc12. The summed E-state index contributed by atoms with van der Waals surface area (Å²) in [5.74, 6) is 0. The van der Waals surface area contributed by atoms with Gasteiger partial charge in [-0.25, -0.2) is 0 Å². The van der Waals surface area contributed by atoms with E-state index in [0.717, 1.165) is 13.1 Å². The molecule has 0 fully saturated rings. The summed E-state index contributed by atoms with van der Waals surface area (Å²) in [5.41, 5.74) is 2.66. The summed E-state index contributed by atoms with van der Waals surface area (Å²) in [6.45, 7) is 1.84. The number of benzene rings is 1. The first-order chi connectivity index (χ1) is 9.28. The minimum Gasteiger partial charge on any atom is -0.342 e. The zero-order valence-electron chi connectivity index (χ0n) is 10.7. The highest BCUT2D eigenvalue weighted by molar-refractivity contribution is 9.10. The van der Waals surface area contributed by atoms with Gasteiger partial charge in [-0.15, -0.1) is 11.3 Å². The van der Waals surface area contributed by atoms with E-state index < -0.39 is 0 Å². The first-order valence-electron chi connectivity index (χ1n) is 6.22. The zero-order chi connectivity index (χ0) is 13.2. The van der Waals surface area contributed by atoms with Gasteiger partial charge in [-0.2, -0.15) is 0 Å². The number of thiophene rings is 1. The summed E-state index contributed by atoms with van der Waals surface area (Å²) >= 11 is 5.31. The Labute approximate surface area is 125 Å². The summed E-state index contributed by atoms with van der Waals surface area (Å²) in [6, 6.07) is 10.8. The molecule has 0 amide bonds. The third-order valence-corrected chi connectivity index (χ3v) is 4.87. The van der Waals surface area contributed by atoms with Crippen molar-refractivity contribution >= 4 is 38.2 Å². The molecule has 1 N–H and O–H groups in total. The largest absolute Gasteiger partial charge is 0.342 e. The number of aromatic nitrogens is 1. The lowest BCUT2D eigenvalue weighted by Gasteiger charge is -2.02. The van der Waals surface area contributed by atoms with Gasteiger partial charge in [0.15, 0.2) is 0 Å². The van der Waals surface area contributed by atoms with Gasteiger partial charge in [-0.1, -0.05) is 18.2 Å². The van der Waals surface area contributed by atoms with Crippen LogP contribution in [0.1, 0.15) is 10.4 Å². The molecule has 4 heteroatoms. The second-order valence-electron chi connectivity index (χ2n) is 4.56. The Morgan fingerprint density at radius 2 is 2.16 bits per heavy atom. The average molecular weight is 335 g/mol. The third kappa shape index (κ3) is 2.61. The number of nitrogens with one attached hydrogen (secondary N) is 1. The third-order valence-electron chi connectivity index (χ3n) is 3.19. The number of fused-ring (bicyclic) bond motifs is 1. The predicted molar refractivity (Wildman–Crippen MR) is 85.8 cm³/mol. The van der Waals surface area contributed by atoms with Gasteiger partial charge >= 0.3 is 0 Å².